The number of aromatic nitrogens is 1. The highest BCUT2D eigenvalue weighted by atomic mass is 16.5. The molecule has 1 fully saturated rings. The van der Waals surface area contributed by atoms with E-state index >= 15 is 0 Å². The Balaban J connectivity index is 2.26. The second kappa shape index (κ2) is 5.35. The molecule has 2 atom stereocenters. The van der Waals surface area contributed by atoms with E-state index in [1.165, 1.54) is 7.11 Å². The minimum atomic E-state index is -0.0419. The highest BCUT2D eigenvalue weighted by Gasteiger charge is 2.34. The molecule has 1 aliphatic rings. The first-order chi connectivity index (χ1) is 8.69. The quantitative estimate of drug-likeness (QED) is 0.864. The molecular formula is C13H19N3O2. The van der Waals surface area contributed by atoms with Gasteiger partial charge in [0.2, 0.25) is 5.88 Å². The Labute approximate surface area is 107 Å². The van der Waals surface area contributed by atoms with Gasteiger partial charge in [0.1, 0.15) is 5.56 Å². The van der Waals surface area contributed by atoms with E-state index in [-0.39, 0.29) is 11.9 Å². The predicted octanol–water partition coefficient (Wildman–Crippen LogP) is 0.899. The summed E-state index contributed by atoms with van der Waals surface area (Å²) in [6.45, 7) is 3.38. The summed E-state index contributed by atoms with van der Waals surface area (Å²) in [4.78, 5) is 18.4. The molecule has 2 N–H and O–H groups in total. The van der Waals surface area contributed by atoms with Crippen LogP contribution < -0.4 is 10.5 Å². The first kappa shape index (κ1) is 12.8. The molecule has 2 heterocycles. The molecule has 2 unspecified atom stereocenters. The van der Waals surface area contributed by atoms with Gasteiger partial charge in [-0.1, -0.05) is 6.92 Å². The molecule has 0 radical (unpaired) electrons. The maximum absolute atomic E-state index is 12.5. The number of likely N-dealkylation sites (tertiary alicyclic amines) is 1. The molecule has 0 saturated carbocycles. The third-order valence-corrected chi connectivity index (χ3v) is 3.58. The van der Waals surface area contributed by atoms with Gasteiger partial charge < -0.3 is 15.4 Å². The number of rotatable bonds is 3. The number of carbonyl (C=O) groups excluding carboxylic acids is 1. The highest BCUT2D eigenvalue weighted by Crippen LogP contribution is 2.26. The van der Waals surface area contributed by atoms with Crippen molar-refractivity contribution in [3.05, 3.63) is 23.9 Å². The van der Waals surface area contributed by atoms with Gasteiger partial charge in [0.25, 0.3) is 5.91 Å². The van der Waals surface area contributed by atoms with Crippen LogP contribution in [0.2, 0.25) is 0 Å². The Morgan fingerprint density at radius 2 is 2.44 bits per heavy atom. The van der Waals surface area contributed by atoms with Crippen LogP contribution in [0.25, 0.3) is 0 Å². The first-order valence-corrected chi connectivity index (χ1v) is 6.19. The molecule has 18 heavy (non-hydrogen) atoms. The third kappa shape index (κ3) is 2.18. The van der Waals surface area contributed by atoms with Gasteiger partial charge in [0, 0.05) is 25.3 Å². The Morgan fingerprint density at radius 3 is 3.11 bits per heavy atom. The van der Waals surface area contributed by atoms with Gasteiger partial charge >= 0.3 is 0 Å². The van der Waals surface area contributed by atoms with E-state index in [4.69, 9.17) is 10.5 Å². The number of pyridine rings is 1. The van der Waals surface area contributed by atoms with Crippen LogP contribution in [-0.2, 0) is 0 Å². The summed E-state index contributed by atoms with van der Waals surface area (Å²) in [6, 6.07) is 3.60. The Kier molecular flexibility index (Phi) is 3.81. The Bertz CT molecular complexity index is 436. The number of nitrogens with zero attached hydrogens (tertiary/aromatic N) is 2. The summed E-state index contributed by atoms with van der Waals surface area (Å²) in [6.07, 6.45) is 2.61. The van der Waals surface area contributed by atoms with Crippen molar-refractivity contribution in [2.45, 2.75) is 19.4 Å². The van der Waals surface area contributed by atoms with E-state index in [1.54, 1.807) is 18.3 Å². The normalized spacial score (nSPS) is 23.2. The van der Waals surface area contributed by atoms with Crippen molar-refractivity contribution >= 4 is 5.91 Å². The minimum absolute atomic E-state index is 0.0419. The fraction of sp³-hybridized carbons (Fsp3) is 0.538. The van der Waals surface area contributed by atoms with Gasteiger partial charge in [0.15, 0.2) is 0 Å². The fourth-order valence-electron chi connectivity index (χ4n) is 2.49. The molecule has 2 rings (SSSR count). The molecule has 5 nitrogen and oxygen atoms in total. The zero-order valence-corrected chi connectivity index (χ0v) is 10.8. The molecule has 1 aromatic heterocycles. The minimum Gasteiger partial charge on any atom is -0.480 e. The molecule has 0 bridgehead atoms. The van der Waals surface area contributed by atoms with E-state index in [1.807, 2.05) is 4.90 Å². The molecule has 1 amide bonds. The van der Waals surface area contributed by atoms with E-state index in [0.717, 1.165) is 13.0 Å². The number of amides is 1. The number of hydrogen-bond donors (Lipinski definition) is 1. The fourth-order valence-corrected chi connectivity index (χ4v) is 2.49. The number of methoxy groups -OCH3 is 1. The number of hydrogen-bond acceptors (Lipinski definition) is 4. The average molecular weight is 249 g/mol. The molecule has 1 aliphatic heterocycles. The van der Waals surface area contributed by atoms with Gasteiger partial charge in [-0.15, -0.1) is 0 Å². The molecular weight excluding hydrogens is 230 g/mol. The molecule has 1 aromatic rings. The van der Waals surface area contributed by atoms with Crippen molar-refractivity contribution in [3.8, 4) is 5.88 Å². The maximum Gasteiger partial charge on any atom is 0.259 e. The van der Waals surface area contributed by atoms with E-state index in [9.17, 15) is 4.79 Å². The van der Waals surface area contributed by atoms with Gasteiger partial charge in [-0.3, -0.25) is 4.79 Å². The summed E-state index contributed by atoms with van der Waals surface area (Å²) in [5.74, 6) is 0.777. The molecule has 0 spiro atoms. The number of nitrogens with two attached hydrogens (primary N) is 1. The van der Waals surface area contributed by atoms with E-state index in [0.29, 0.717) is 23.9 Å². The van der Waals surface area contributed by atoms with Crippen LogP contribution in [-0.4, -0.2) is 42.0 Å². The van der Waals surface area contributed by atoms with E-state index in [2.05, 4.69) is 11.9 Å². The number of ether oxygens (including phenoxy) is 1. The highest BCUT2D eigenvalue weighted by molar-refractivity contribution is 5.96. The van der Waals surface area contributed by atoms with E-state index < -0.39 is 0 Å². The van der Waals surface area contributed by atoms with Gasteiger partial charge in [-0.25, -0.2) is 4.98 Å². The molecule has 98 valence electrons. The van der Waals surface area contributed by atoms with Crippen LogP contribution in [0.5, 0.6) is 5.88 Å². The lowest BCUT2D eigenvalue weighted by molar-refractivity contribution is 0.0723. The lowest BCUT2D eigenvalue weighted by Crippen LogP contribution is -2.42. The lowest BCUT2D eigenvalue weighted by Gasteiger charge is -2.26. The zero-order valence-electron chi connectivity index (χ0n) is 10.8. The molecule has 0 aliphatic carbocycles. The second-order valence-electron chi connectivity index (χ2n) is 4.63. The second-order valence-corrected chi connectivity index (χ2v) is 4.63. The van der Waals surface area contributed by atoms with Crippen LogP contribution in [0, 0.1) is 5.92 Å². The molecule has 0 aromatic carbocycles. The zero-order chi connectivity index (χ0) is 13.1. The van der Waals surface area contributed by atoms with Gasteiger partial charge in [-0.05, 0) is 24.5 Å². The topological polar surface area (TPSA) is 68.5 Å². The Morgan fingerprint density at radius 1 is 1.67 bits per heavy atom. The largest absolute Gasteiger partial charge is 0.480 e. The average Bonchev–Trinajstić information content (AvgIpc) is 2.78. The van der Waals surface area contributed by atoms with Gasteiger partial charge in [0.05, 0.1) is 7.11 Å². The summed E-state index contributed by atoms with van der Waals surface area (Å²) >= 11 is 0. The molecule has 1 saturated heterocycles. The lowest BCUT2D eigenvalue weighted by atomic mass is 10.0. The van der Waals surface area contributed by atoms with Crippen molar-refractivity contribution < 1.29 is 9.53 Å². The van der Waals surface area contributed by atoms with Crippen LogP contribution in [0.15, 0.2) is 18.3 Å². The van der Waals surface area contributed by atoms with Crippen molar-refractivity contribution in [2.24, 2.45) is 11.7 Å². The van der Waals surface area contributed by atoms with Crippen LogP contribution >= 0.6 is 0 Å². The summed E-state index contributed by atoms with van der Waals surface area (Å²) in [5, 5.41) is 0. The summed E-state index contributed by atoms with van der Waals surface area (Å²) < 4.78 is 5.13. The maximum atomic E-state index is 12.5. The van der Waals surface area contributed by atoms with Crippen LogP contribution in [0.4, 0.5) is 0 Å². The number of carbonyl (C=O) groups is 1. The monoisotopic (exact) mass is 249 g/mol. The van der Waals surface area contributed by atoms with Crippen LogP contribution in [0.1, 0.15) is 23.7 Å². The van der Waals surface area contributed by atoms with Crippen molar-refractivity contribution in [2.75, 3.05) is 20.2 Å². The predicted molar refractivity (Wildman–Crippen MR) is 68.4 cm³/mol. The summed E-state index contributed by atoms with van der Waals surface area (Å²) in [7, 11) is 1.52. The standard InChI is InChI=1S/C13H19N3O2/c1-9-5-7-16(11(9)8-14)13(17)10-4-3-6-15-12(10)18-2/h3-4,6,9,11H,5,7-8,14H2,1-2H3. The SMILES string of the molecule is COc1ncccc1C(=O)N1CCC(C)C1CN. The smallest absolute Gasteiger partial charge is 0.259 e. The van der Waals surface area contributed by atoms with Crippen molar-refractivity contribution in [1.29, 1.82) is 0 Å². The summed E-state index contributed by atoms with van der Waals surface area (Å²) in [5.41, 5.74) is 6.27. The van der Waals surface area contributed by atoms with Crippen molar-refractivity contribution in [1.82, 2.24) is 9.88 Å². The third-order valence-electron chi connectivity index (χ3n) is 3.58. The molecule has 5 heteroatoms. The van der Waals surface area contributed by atoms with Gasteiger partial charge in [-0.2, -0.15) is 0 Å². The first-order valence-electron chi connectivity index (χ1n) is 6.19. The van der Waals surface area contributed by atoms with Crippen LogP contribution in [0.3, 0.4) is 0 Å². The Hall–Kier alpha value is -1.62. The van der Waals surface area contributed by atoms with Crippen molar-refractivity contribution in [3.63, 3.8) is 0 Å².